The quantitative estimate of drug-likeness (QED) is 0.0921. The van der Waals surface area contributed by atoms with Crippen molar-refractivity contribution in [3.05, 3.63) is 125 Å². The monoisotopic (exact) mass is 791 g/mol. The number of methoxy groups -OCH3 is 1. The van der Waals surface area contributed by atoms with Gasteiger partial charge in [0.15, 0.2) is 5.60 Å². The molecule has 2 fully saturated rings. The summed E-state index contributed by atoms with van der Waals surface area (Å²) in [6.07, 6.45) is 12.9. The first kappa shape index (κ1) is 39.2. The van der Waals surface area contributed by atoms with Gasteiger partial charge >= 0.3 is 5.97 Å². The van der Waals surface area contributed by atoms with Gasteiger partial charge in [0.25, 0.3) is 0 Å². The zero-order valence-corrected chi connectivity index (χ0v) is 35.1. The number of carbonyl (C=O) groups is 1. The van der Waals surface area contributed by atoms with Gasteiger partial charge in [0.05, 0.1) is 20.3 Å². The third-order valence-electron chi connectivity index (χ3n) is 14.1. The highest BCUT2D eigenvalue weighted by Crippen LogP contribution is 2.64. The summed E-state index contributed by atoms with van der Waals surface area (Å²) < 4.78 is 30.7. The zero-order chi connectivity index (χ0) is 40.6. The number of benzene rings is 5. The maximum Gasteiger partial charge on any atom is 0.305 e. The summed E-state index contributed by atoms with van der Waals surface area (Å²) in [7, 11) is 1.74. The minimum atomic E-state index is -0.945. The molecule has 2 heterocycles. The summed E-state index contributed by atoms with van der Waals surface area (Å²) >= 11 is 0. The third kappa shape index (κ3) is 6.76. The van der Waals surface area contributed by atoms with E-state index in [0.717, 1.165) is 73.6 Å². The van der Waals surface area contributed by atoms with Crippen molar-refractivity contribution in [1.29, 1.82) is 0 Å². The predicted molar refractivity (Wildman–Crippen MR) is 236 cm³/mol. The van der Waals surface area contributed by atoms with Crippen molar-refractivity contribution in [2.24, 2.45) is 5.41 Å². The van der Waals surface area contributed by atoms with Crippen molar-refractivity contribution >= 4 is 28.5 Å². The minimum Gasteiger partial charge on any atom is -0.497 e. The van der Waals surface area contributed by atoms with Crippen molar-refractivity contribution in [2.75, 3.05) is 51.5 Å². The second kappa shape index (κ2) is 16.1. The van der Waals surface area contributed by atoms with Gasteiger partial charge in [0.1, 0.15) is 30.5 Å². The van der Waals surface area contributed by atoms with Gasteiger partial charge in [-0.15, -0.1) is 0 Å². The van der Waals surface area contributed by atoms with E-state index in [1.165, 1.54) is 64.6 Å². The van der Waals surface area contributed by atoms with E-state index in [1.807, 2.05) is 19.1 Å². The molecule has 5 aromatic carbocycles. The molecule has 1 atom stereocenters. The van der Waals surface area contributed by atoms with Crippen molar-refractivity contribution in [3.8, 4) is 28.4 Å². The molecule has 0 aromatic heterocycles. The predicted octanol–water partition coefficient (Wildman–Crippen LogP) is 11.4. The summed E-state index contributed by atoms with van der Waals surface area (Å²) in [4.78, 5) is 14.3. The maximum absolute atomic E-state index is 11.9. The lowest BCUT2D eigenvalue weighted by Crippen LogP contribution is -2.38. The van der Waals surface area contributed by atoms with E-state index in [0.29, 0.717) is 17.6 Å². The smallest absolute Gasteiger partial charge is 0.305 e. The lowest BCUT2D eigenvalue weighted by atomic mass is 9.58. The van der Waals surface area contributed by atoms with Crippen LogP contribution in [0.1, 0.15) is 100.0 Å². The Kier molecular flexibility index (Phi) is 10.7. The fourth-order valence-corrected chi connectivity index (χ4v) is 10.6. The van der Waals surface area contributed by atoms with Crippen LogP contribution in [0.25, 0.3) is 28.0 Å². The molecular formula is C52H57NO6. The normalized spacial score (nSPS) is 19.8. The van der Waals surface area contributed by atoms with Crippen LogP contribution in [-0.4, -0.2) is 52.6 Å². The van der Waals surface area contributed by atoms with Crippen LogP contribution in [0, 0.1) is 5.41 Å². The highest BCUT2D eigenvalue weighted by atomic mass is 16.6. The van der Waals surface area contributed by atoms with Crippen LogP contribution in [0.2, 0.25) is 0 Å². The molecule has 1 unspecified atom stereocenters. The molecule has 1 saturated heterocycles. The Morgan fingerprint density at radius 2 is 1.47 bits per heavy atom. The Morgan fingerprint density at radius 1 is 0.780 bits per heavy atom. The lowest BCUT2D eigenvalue weighted by Gasteiger charge is -2.47. The summed E-state index contributed by atoms with van der Waals surface area (Å²) in [6, 6.07) is 32.8. The van der Waals surface area contributed by atoms with Crippen LogP contribution >= 0.6 is 0 Å². The first-order chi connectivity index (χ1) is 28.9. The zero-order valence-electron chi connectivity index (χ0n) is 35.1. The second-order valence-electron chi connectivity index (χ2n) is 16.9. The van der Waals surface area contributed by atoms with Crippen LogP contribution in [0.5, 0.6) is 17.2 Å². The Balaban J connectivity index is 1.18. The molecule has 4 aliphatic rings. The highest BCUT2D eigenvalue weighted by Gasteiger charge is 2.51. The molecule has 0 amide bonds. The van der Waals surface area contributed by atoms with E-state index < -0.39 is 5.60 Å². The van der Waals surface area contributed by atoms with Gasteiger partial charge in [-0.05, 0) is 114 Å². The largest absolute Gasteiger partial charge is 0.497 e. The number of nitrogens with zero attached hydrogens (tertiary/aromatic N) is 1. The summed E-state index contributed by atoms with van der Waals surface area (Å²) in [5.41, 5.74) is 9.29. The molecule has 59 heavy (non-hydrogen) atoms. The molecule has 2 aliphatic heterocycles. The number of hydrogen-bond acceptors (Lipinski definition) is 7. The first-order valence-electron chi connectivity index (χ1n) is 21.9. The van der Waals surface area contributed by atoms with Gasteiger partial charge in [0.2, 0.25) is 0 Å². The molecule has 1 spiro atoms. The third-order valence-corrected chi connectivity index (χ3v) is 14.1. The van der Waals surface area contributed by atoms with Crippen LogP contribution in [0.15, 0.2) is 97.1 Å². The number of morpholine rings is 1. The molecule has 2 aliphatic carbocycles. The number of fused-ring (bicyclic) bond motifs is 10. The van der Waals surface area contributed by atoms with Crippen LogP contribution < -0.4 is 19.1 Å². The topological polar surface area (TPSA) is 66.5 Å². The number of anilines is 1. The van der Waals surface area contributed by atoms with Gasteiger partial charge in [-0.2, -0.15) is 0 Å². The van der Waals surface area contributed by atoms with Crippen LogP contribution in [0.3, 0.4) is 0 Å². The molecule has 0 bridgehead atoms. The SMILES string of the molecule is CCCC(=O)OCCOc1ccc(C2(c3ccc(N4CCOCC4)cc3)C=Cc3c4c(c5ccc(OC)cc5c3O2)-c2ccccc2C42CCC(CC)(CC)CC2)cc1. The first-order valence-corrected chi connectivity index (χ1v) is 21.9. The van der Waals surface area contributed by atoms with Gasteiger partial charge < -0.3 is 28.6 Å². The molecule has 5 aromatic rings. The Labute approximate surface area is 349 Å². The van der Waals surface area contributed by atoms with Crippen molar-refractivity contribution in [1.82, 2.24) is 0 Å². The standard InChI is InChI=1S/C52H57NO6/c1-5-10-46(54)58-34-33-57-39-19-15-37(16-20-39)52(36-13-17-38(18-14-36)53-29-31-56-32-30-53)24-23-43-48-47(41-22-21-40(55-4)35-44(41)49(43)59-52)42-11-8-9-12-45(42)51(48)27-25-50(6-2,7-3)26-28-51/h8-9,11-24,35H,5-7,10,25-34H2,1-4H3. The van der Waals surface area contributed by atoms with E-state index in [9.17, 15) is 4.79 Å². The number of carbonyl (C=O) groups excluding carboxylic acids is 1. The van der Waals surface area contributed by atoms with Crippen molar-refractivity contribution < 1.29 is 28.5 Å². The Hall–Kier alpha value is -5.27. The molecular weight excluding hydrogens is 735 g/mol. The minimum absolute atomic E-state index is 0.102. The van der Waals surface area contributed by atoms with E-state index in [4.69, 9.17) is 23.7 Å². The highest BCUT2D eigenvalue weighted by molar-refractivity contribution is 6.09. The van der Waals surface area contributed by atoms with Gasteiger partial charge in [-0.3, -0.25) is 4.79 Å². The summed E-state index contributed by atoms with van der Waals surface area (Å²) in [5, 5.41) is 2.25. The number of esters is 1. The van der Waals surface area contributed by atoms with E-state index >= 15 is 0 Å². The maximum atomic E-state index is 11.9. The molecule has 7 nitrogen and oxygen atoms in total. The number of rotatable bonds is 12. The van der Waals surface area contributed by atoms with Gasteiger partial charge in [-0.1, -0.05) is 88.2 Å². The molecule has 9 rings (SSSR count). The fraction of sp³-hybridized carbons (Fsp3) is 0.404. The average Bonchev–Trinajstić information content (AvgIpc) is 3.58. The van der Waals surface area contributed by atoms with Gasteiger partial charge in [-0.25, -0.2) is 0 Å². The average molecular weight is 792 g/mol. The van der Waals surface area contributed by atoms with E-state index in [2.05, 4.69) is 110 Å². The molecule has 306 valence electrons. The number of ether oxygens (including phenoxy) is 5. The molecule has 0 N–H and O–H groups in total. The molecule has 0 radical (unpaired) electrons. The molecule has 7 heteroatoms. The van der Waals surface area contributed by atoms with E-state index in [1.54, 1.807) is 7.11 Å². The fourth-order valence-electron chi connectivity index (χ4n) is 10.6. The Morgan fingerprint density at radius 3 is 2.17 bits per heavy atom. The van der Waals surface area contributed by atoms with Crippen molar-refractivity contribution in [2.45, 2.75) is 83.2 Å². The Bertz CT molecular complexity index is 2340. The van der Waals surface area contributed by atoms with E-state index in [-0.39, 0.29) is 24.6 Å². The van der Waals surface area contributed by atoms with Crippen molar-refractivity contribution in [3.63, 3.8) is 0 Å². The summed E-state index contributed by atoms with van der Waals surface area (Å²) in [6.45, 7) is 10.4. The van der Waals surface area contributed by atoms with Gasteiger partial charge in [0, 0.05) is 52.7 Å². The molecule has 1 saturated carbocycles. The second-order valence-corrected chi connectivity index (χ2v) is 16.9. The van der Waals surface area contributed by atoms with Crippen LogP contribution in [-0.2, 0) is 25.3 Å². The number of hydrogen-bond donors (Lipinski definition) is 0. The lowest BCUT2D eigenvalue weighted by molar-refractivity contribution is -0.144. The summed E-state index contributed by atoms with van der Waals surface area (Å²) in [5.74, 6) is 2.20. The van der Waals surface area contributed by atoms with Crippen LogP contribution in [0.4, 0.5) is 5.69 Å².